The first-order valence-corrected chi connectivity index (χ1v) is 10.0. The van der Waals surface area contributed by atoms with Crippen LogP contribution >= 0.6 is 34.5 Å². The van der Waals surface area contributed by atoms with E-state index in [1.807, 2.05) is 0 Å². The number of carbonyl (C=O) groups is 1. The SMILES string of the molecule is C[C@@H](Oc1cc2sc(NC(=O)NCCN)nc2cc1F)c1c(Cl)ccc(F)c1Cl. The Hall–Kier alpha value is -2.20. The van der Waals surface area contributed by atoms with Crippen molar-refractivity contribution < 1.29 is 18.3 Å². The summed E-state index contributed by atoms with van der Waals surface area (Å²) in [6, 6.07) is 4.67. The Labute approximate surface area is 179 Å². The number of urea groups is 1. The number of benzene rings is 2. The zero-order valence-corrected chi connectivity index (χ0v) is 17.4. The highest BCUT2D eigenvalue weighted by molar-refractivity contribution is 7.22. The Morgan fingerprint density at radius 2 is 2.07 bits per heavy atom. The number of nitrogens with one attached hydrogen (secondary N) is 2. The number of carbonyl (C=O) groups excluding carboxylic acids is 1. The van der Waals surface area contributed by atoms with Gasteiger partial charge < -0.3 is 15.8 Å². The van der Waals surface area contributed by atoms with Crippen LogP contribution in [0.25, 0.3) is 10.2 Å². The molecule has 1 aromatic heterocycles. The molecule has 0 saturated carbocycles. The maximum Gasteiger partial charge on any atom is 0.321 e. The molecule has 4 N–H and O–H groups in total. The number of amides is 2. The van der Waals surface area contributed by atoms with E-state index in [4.69, 9.17) is 33.7 Å². The number of anilines is 1. The third kappa shape index (κ3) is 4.87. The van der Waals surface area contributed by atoms with Crippen molar-refractivity contribution in [1.29, 1.82) is 0 Å². The van der Waals surface area contributed by atoms with Crippen molar-refractivity contribution in [2.24, 2.45) is 5.73 Å². The average molecular weight is 461 g/mol. The molecule has 29 heavy (non-hydrogen) atoms. The predicted molar refractivity (Wildman–Crippen MR) is 111 cm³/mol. The third-order valence-electron chi connectivity index (χ3n) is 3.88. The fourth-order valence-electron chi connectivity index (χ4n) is 2.57. The fraction of sp³-hybridized carbons (Fsp3) is 0.222. The summed E-state index contributed by atoms with van der Waals surface area (Å²) in [5.74, 6) is -1.40. The van der Waals surface area contributed by atoms with Gasteiger partial charge in [0.25, 0.3) is 0 Å². The zero-order valence-electron chi connectivity index (χ0n) is 15.1. The number of thiazole rings is 1. The van der Waals surface area contributed by atoms with Crippen LogP contribution in [0.1, 0.15) is 18.6 Å². The van der Waals surface area contributed by atoms with E-state index in [2.05, 4.69) is 15.6 Å². The van der Waals surface area contributed by atoms with Gasteiger partial charge in [-0.1, -0.05) is 34.5 Å². The monoisotopic (exact) mass is 460 g/mol. The van der Waals surface area contributed by atoms with Crippen molar-refractivity contribution >= 4 is 55.9 Å². The van der Waals surface area contributed by atoms with Crippen LogP contribution in [0.2, 0.25) is 10.0 Å². The molecule has 11 heteroatoms. The van der Waals surface area contributed by atoms with Crippen LogP contribution in [0.4, 0.5) is 18.7 Å². The lowest BCUT2D eigenvalue weighted by Gasteiger charge is -2.18. The van der Waals surface area contributed by atoms with Gasteiger partial charge in [0.05, 0.1) is 15.2 Å². The lowest BCUT2D eigenvalue weighted by molar-refractivity contribution is 0.216. The molecule has 1 heterocycles. The van der Waals surface area contributed by atoms with Crippen LogP contribution in [0.15, 0.2) is 24.3 Å². The van der Waals surface area contributed by atoms with Gasteiger partial charge in [0.2, 0.25) is 0 Å². The fourth-order valence-corrected chi connectivity index (χ4v) is 4.11. The summed E-state index contributed by atoms with van der Waals surface area (Å²) >= 11 is 13.2. The minimum Gasteiger partial charge on any atom is -0.483 e. The minimum absolute atomic E-state index is 0.0795. The standard InChI is InChI=1S/C18H16Cl2F2N4O2S/c1-8(15-9(19)2-3-10(21)16(15)20)28-13-7-14-12(6-11(13)22)25-18(29-14)26-17(27)24-5-4-23/h2-3,6-8H,4-5,23H2,1H3,(H2,24,25,26,27)/t8-/m1/s1. The lowest BCUT2D eigenvalue weighted by atomic mass is 10.1. The second kappa shape index (κ2) is 9.08. The van der Waals surface area contributed by atoms with E-state index in [1.165, 1.54) is 18.2 Å². The number of hydrogen-bond acceptors (Lipinski definition) is 5. The van der Waals surface area contributed by atoms with Crippen molar-refractivity contribution in [2.45, 2.75) is 13.0 Å². The number of aromatic nitrogens is 1. The Kier molecular flexibility index (Phi) is 6.74. The molecule has 1 atom stereocenters. The Bertz CT molecular complexity index is 1060. The maximum atomic E-state index is 14.5. The van der Waals surface area contributed by atoms with E-state index in [9.17, 15) is 13.6 Å². The normalized spacial score (nSPS) is 12.1. The van der Waals surface area contributed by atoms with E-state index < -0.39 is 23.8 Å². The van der Waals surface area contributed by atoms with Gasteiger partial charge in [-0.25, -0.2) is 18.6 Å². The Morgan fingerprint density at radius 1 is 1.31 bits per heavy atom. The van der Waals surface area contributed by atoms with Crippen LogP contribution in [0.3, 0.4) is 0 Å². The summed E-state index contributed by atoms with van der Waals surface area (Å²) < 4.78 is 34.5. The largest absolute Gasteiger partial charge is 0.483 e. The summed E-state index contributed by atoms with van der Waals surface area (Å²) in [5, 5.41) is 5.41. The molecule has 0 fully saturated rings. The molecule has 3 aromatic rings. The first-order valence-electron chi connectivity index (χ1n) is 8.45. The van der Waals surface area contributed by atoms with E-state index in [0.717, 1.165) is 17.4 Å². The predicted octanol–water partition coefficient (Wildman–Crippen LogP) is 5.10. The van der Waals surface area contributed by atoms with E-state index in [1.54, 1.807) is 6.92 Å². The smallest absolute Gasteiger partial charge is 0.321 e. The van der Waals surface area contributed by atoms with E-state index >= 15 is 0 Å². The molecule has 3 rings (SSSR count). The quantitative estimate of drug-likeness (QED) is 0.446. The van der Waals surface area contributed by atoms with Crippen molar-refractivity contribution in [3.8, 4) is 5.75 Å². The molecule has 0 aliphatic heterocycles. The van der Waals surface area contributed by atoms with Gasteiger partial charge in [0, 0.05) is 35.8 Å². The number of nitrogens with zero attached hydrogens (tertiary/aromatic N) is 1. The summed E-state index contributed by atoms with van der Waals surface area (Å²) in [6.07, 6.45) is -0.815. The van der Waals surface area contributed by atoms with Crippen molar-refractivity contribution in [1.82, 2.24) is 10.3 Å². The van der Waals surface area contributed by atoms with Gasteiger partial charge in [-0.2, -0.15) is 0 Å². The molecule has 2 amide bonds. The number of halogens is 4. The second-order valence-electron chi connectivity index (χ2n) is 5.96. The van der Waals surface area contributed by atoms with Gasteiger partial charge >= 0.3 is 6.03 Å². The molecule has 0 saturated heterocycles. The number of hydrogen-bond donors (Lipinski definition) is 3. The van der Waals surface area contributed by atoms with Crippen molar-refractivity contribution in [3.05, 3.63) is 51.5 Å². The Balaban J connectivity index is 1.84. The summed E-state index contributed by atoms with van der Waals surface area (Å²) in [6.45, 7) is 2.20. The minimum atomic E-state index is -0.815. The van der Waals surface area contributed by atoms with E-state index in [-0.39, 0.29) is 26.5 Å². The van der Waals surface area contributed by atoms with Crippen molar-refractivity contribution in [2.75, 3.05) is 18.4 Å². The maximum absolute atomic E-state index is 14.5. The number of ether oxygens (including phenoxy) is 1. The molecule has 0 unspecified atom stereocenters. The first kappa shape index (κ1) is 21.5. The van der Waals surface area contributed by atoms with E-state index in [0.29, 0.717) is 23.3 Å². The molecule has 2 aromatic carbocycles. The van der Waals surface area contributed by atoms with Gasteiger partial charge in [-0.05, 0) is 19.1 Å². The topological polar surface area (TPSA) is 89.3 Å². The molecule has 0 aliphatic rings. The van der Waals surface area contributed by atoms with Crippen LogP contribution in [0, 0.1) is 11.6 Å². The molecular formula is C18H16Cl2F2N4O2S. The van der Waals surface area contributed by atoms with Crippen LogP contribution in [0.5, 0.6) is 5.75 Å². The summed E-state index contributed by atoms with van der Waals surface area (Å²) in [4.78, 5) is 15.9. The molecule has 6 nitrogen and oxygen atoms in total. The van der Waals surface area contributed by atoms with Crippen molar-refractivity contribution in [3.63, 3.8) is 0 Å². The number of fused-ring (bicyclic) bond motifs is 1. The molecular weight excluding hydrogens is 445 g/mol. The highest BCUT2D eigenvalue weighted by atomic mass is 35.5. The zero-order chi connectivity index (χ0) is 21.1. The average Bonchev–Trinajstić information content (AvgIpc) is 3.04. The van der Waals surface area contributed by atoms with Crippen LogP contribution < -0.4 is 21.1 Å². The number of nitrogens with two attached hydrogens (primary N) is 1. The molecule has 0 spiro atoms. The highest BCUT2D eigenvalue weighted by Gasteiger charge is 2.21. The van der Waals surface area contributed by atoms with Gasteiger partial charge in [-0.15, -0.1) is 0 Å². The summed E-state index contributed by atoms with van der Waals surface area (Å²) in [5.41, 5.74) is 5.89. The summed E-state index contributed by atoms with van der Waals surface area (Å²) in [7, 11) is 0. The van der Waals surface area contributed by atoms with Gasteiger partial charge in [-0.3, -0.25) is 5.32 Å². The lowest BCUT2D eigenvalue weighted by Crippen LogP contribution is -2.32. The van der Waals surface area contributed by atoms with Gasteiger partial charge in [0.1, 0.15) is 11.9 Å². The van der Waals surface area contributed by atoms with Gasteiger partial charge in [0.15, 0.2) is 16.7 Å². The Morgan fingerprint density at radius 3 is 2.79 bits per heavy atom. The molecule has 0 radical (unpaired) electrons. The highest BCUT2D eigenvalue weighted by Crippen LogP contribution is 2.37. The third-order valence-corrected chi connectivity index (χ3v) is 5.53. The molecule has 154 valence electrons. The van der Waals surface area contributed by atoms with Crippen LogP contribution in [-0.2, 0) is 0 Å². The van der Waals surface area contributed by atoms with Crippen LogP contribution in [-0.4, -0.2) is 24.1 Å². The molecule has 0 bridgehead atoms. The molecule has 0 aliphatic carbocycles. The second-order valence-corrected chi connectivity index (χ2v) is 7.77. The first-order chi connectivity index (χ1) is 13.8. The number of rotatable bonds is 6.